The number of hydrogen-bond donors (Lipinski definition) is 4. The zero-order valence-corrected chi connectivity index (χ0v) is 23.0. The predicted molar refractivity (Wildman–Crippen MR) is 157 cm³/mol. The molecule has 1 aromatic heterocycles. The van der Waals surface area contributed by atoms with Gasteiger partial charge in [-0.15, -0.1) is 0 Å². The number of carboxylic acids is 1. The largest absolute Gasteiger partial charge is 0.481 e. The van der Waals surface area contributed by atoms with Crippen molar-refractivity contribution in [1.29, 1.82) is 0 Å². The van der Waals surface area contributed by atoms with Crippen molar-refractivity contribution in [3.05, 3.63) is 102 Å². The minimum Gasteiger partial charge on any atom is -0.481 e. The van der Waals surface area contributed by atoms with Crippen LogP contribution in [0.3, 0.4) is 0 Å². The number of anilines is 1. The standard InChI is InChI=1S/C33H35FN2O5/c1-21(2)31-30(33(41)35-25-11-7-4-8-12-25)29(22-9-5-3-6-10-22)32(23-13-15-24(34)16-14-23)36(31)18-17-26(37)19-27(38)20-28(39)40/h3-16,21,26-27,37-38H,17-20H2,1-2H3,(H,35,41)(H,39,40)/t26-,27-/m1/s1/i20D/t20?,26-,27-. The molecule has 0 saturated heterocycles. The molecule has 0 aliphatic rings. The fourth-order valence-electron chi connectivity index (χ4n) is 5.12. The maximum absolute atomic E-state index is 14.1. The lowest BCUT2D eigenvalue weighted by molar-refractivity contribution is -0.139. The van der Waals surface area contributed by atoms with Crippen LogP contribution >= 0.6 is 0 Å². The van der Waals surface area contributed by atoms with Crippen LogP contribution in [0.5, 0.6) is 0 Å². The number of rotatable bonds is 12. The maximum atomic E-state index is 14.1. The number of nitrogens with zero attached hydrogens (tertiary/aromatic N) is 1. The van der Waals surface area contributed by atoms with E-state index in [2.05, 4.69) is 5.32 Å². The third kappa shape index (κ3) is 7.28. The van der Waals surface area contributed by atoms with Crippen molar-refractivity contribution in [2.24, 2.45) is 0 Å². The van der Waals surface area contributed by atoms with Crippen LogP contribution in [0.2, 0.25) is 0 Å². The summed E-state index contributed by atoms with van der Waals surface area (Å²) in [7, 11) is 0. The van der Waals surface area contributed by atoms with E-state index >= 15 is 0 Å². The number of aliphatic hydroxyl groups excluding tert-OH is 2. The number of amides is 1. The van der Waals surface area contributed by atoms with Crippen molar-refractivity contribution in [1.82, 2.24) is 4.57 Å². The smallest absolute Gasteiger partial charge is 0.305 e. The highest BCUT2D eigenvalue weighted by molar-refractivity contribution is 6.12. The van der Waals surface area contributed by atoms with Gasteiger partial charge in [0.15, 0.2) is 0 Å². The molecule has 0 aliphatic carbocycles. The van der Waals surface area contributed by atoms with Gasteiger partial charge in [0.25, 0.3) is 5.91 Å². The number of nitrogens with one attached hydrogen (secondary N) is 1. The average molecular weight is 560 g/mol. The summed E-state index contributed by atoms with van der Waals surface area (Å²) in [6.45, 7) is 4.14. The number of para-hydroxylation sites is 1. The molecular formula is C33H35FN2O5. The Bertz CT molecular complexity index is 1510. The lowest BCUT2D eigenvalue weighted by Crippen LogP contribution is -2.22. The summed E-state index contributed by atoms with van der Waals surface area (Å²) in [4.78, 5) is 25.2. The molecule has 1 unspecified atom stereocenters. The van der Waals surface area contributed by atoms with Gasteiger partial charge in [0, 0.05) is 24.9 Å². The van der Waals surface area contributed by atoms with E-state index in [0.717, 1.165) is 5.56 Å². The molecule has 4 N–H and O–H groups in total. The zero-order valence-electron chi connectivity index (χ0n) is 24.0. The third-order valence-electron chi connectivity index (χ3n) is 6.82. The number of carbonyl (C=O) groups excluding carboxylic acids is 1. The Balaban J connectivity index is 1.88. The van der Waals surface area contributed by atoms with E-state index in [-0.39, 0.29) is 31.2 Å². The van der Waals surface area contributed by atoms with Gasteiger partial charge in [-0.25, -0.2) is 4.39 Å². The molecule has 3 atom stereocenters. The summed E-state index contributed by atoms with van der Waals surface area (Å²) in [5.41, 5.74) is 4.56. The summed E-state index contributed by atoms with van der Waals surface area (Å²) < 4.78 is 23.6. The van der Waals surface area contributed by atoms with Gasteiger partial charge >= 0.3 is 5.97 Å². The van der Waals surface area contributed by atoms with Gasteiger partial charge in [-0.3, -0.25) is 9.59 Å². The molecule has 1 amide bonds. The number of carbonyl (C=O) groups is 2. The van der Waals surface area contributed by atoms with Crippen LogP contribution in [0.4, 0.5) is 10.1 Å². The van der Waals surface area contributed by atoms with E-state index in [9.17, 15) is 24.2 Å². The monoisotopic (exact) mass is 559 g/mol. The molecule has 0 fully saturated rings. The molecule has 0 radical (unpaired) electrons. The van der Waals surface area contributed by atoms with Gasteiger partial charge in [-0.1, -0.05) is 62.4 Å². The molecule has 0 spiro atoms. The van der Waals surface area contributed by atoms with Crippen molar-refractivity contribution < 1.29 is 30.7 Å². The number of hydrogen-bond acceptors (Lipinski definition) is 4. The number of aliphatic hydroxyl groups is 2. The maximum Gasteiger partial charge on any atom is 0.305 e. The molecular weight excluding hydrogens is 523 g/mol. The molecule has 3 aromatic carbocycles. The van der Waals surface area contributed by atoms with Crippen molar-refractivity contribution >= 4 is 17.6 Å². The topological polar surface area (TPSA) is 112 Å². The molecule has 0 aliphatic heterocycles. The van der Waals surface area contributed by atoms with Gasteiger partial charge in [0.2, 0.25) is 0 Å². The van der Waals surface area contributed by atoms with E-state index in [4.69, 9.17) is 6.48 Å². The number of halogens is 1. The third-order valence-corrected chi connectivity index (χ3v) is 6.82. The highest BCUT2D eigenvalue weighted by Crippen LogP contribution is 2.42. The first kappa shape index (κ1) is 28.3. The van der Waals surface area contributed by atoms with Crippen LogP contribution in [0, 0.1) is 5.82 Å². The summed E-state index contributed by atoms with van der Waals surface area (Å²) in [5.74, 6) is -2.34. The second kappa shape index (κ2) is 13.4. The molecule has 4 aromatic rings. The highest BCUT2D eigenvalue weighted by Gasteiger charge is 2.31. The lowest BCUT2D eigenvalue weighted by Gasteiger charge is -2.20. The van der Waals surface area contributed by atoms with Gasteiger partial charge in [0.1, 0.15) is 5.82 Å². The van der Waals surface area contributed by atoms with E-state index in [1.165, 1.54) is 12.1 Å². The van der Waals surface area contributed by atoms with Crippen LogP contribution < -0.4 is 5.32 Å². The molecule has 8 heteroatoms. The van der Waals surface area contributed by atoms with Crippen molar-refractivity contribution in [2.75, 3.05) is 5.32 Å². The highest BCUT2D eigenvalue weighted by atomic mass is 19.1. The first-order chi connectivity index (χ1) is 20.1. The Morgan fingerprint density at radius 3 is 2.10 bits per heavy atom. The van der Waals surface area contributed by atoms with Gasteiger partial charge in [-0.05, 0) is 66.3 Å². The summed E-state index contributed by atoms with van der Waals surface area (Å²) in [6, 6.07) is 24.5. The van der Waals surface area contributed by atoms with E-state index in [1.807, 2.05) is 66.9 Å². The first-order valence-electron chi connectivity index (χ1n) is 14.1. The van der Waals surface area contributed by atoms with Crippen LogP contribution in [0.1, 0.15) is 56.4 Å². The Kier molecular flexibility index (Phi) is 9.23. The summed E-state index contributed by atoms with van der Waals surface area (Å²) in [6.07, 6.45) is -4.62. The van der Waals surface area contributed by atoms with Crippen molar-refractivity contribution in [3.63, 3.8) is 0 Å². The second-order valence-corrected chi connectivity index (χ2v) is 10.2. The molecule has 0 saturated carbocycles. The molecule has 214 valence electrons. The fourth-order valence-corrected chi connectivity index (χ4v) is 5.12. The van der Waals surface area contributed by atoms with Crippen molar-refractivity contribution in [2.45, 2.75) is 57.8 Å². The molecule has 7 nitrogen and oxygen atoms in total. The molecule has 41 heavy (non-hydrogen) atoms. The normalized spacial score (nSPS) is 13.9. The van der Waals surface area contributed by atoms with Crippen LogP contribution in [-0.2, 0) is 11.3 Å². The number of benzene rings is 3. The predicted octanol–water partition coefficient (Wildman–Crippen LogP) is 6.31. The number of carboxylic acid groups (broad SMARTS) is 1. The van der Waals surface area contributed by atoms with Crippen molar-refractivity contribution in [3.8, 4) is 22.4 Å². The molecule has 0 bridgehead atoms. The number of aromatic nitrogens is 1. The molecule has 1 heterocycles. The number of aliphatic carboxylic acids is 1. The zero-order chi connectivity index (χ0) is 30.4. The Labute approximate surface area is 240 Å². The Morgan fingerprint density at radius 1 is 0.902 bits per heavy atom. The van der Waals surface area contributed by atoms with Gasteiger partial charge < -0.3 is 25.2 Å². The minimum absolute atomic E-state index is 0.111. The SMILES string of the molecule is [2H]C(C(=O)O)[C@H](O)C[C@H](O)CCn1c(-c2ccc(F)cc2)c(-c2ccccc2)c(C(=O)Nc2ccccc2)c1C(C)C. The second-order valence-electron chi connectivity index (χ2n) is 10.2. The Morgan fingerprint density at radius 2 is 1.51 bits per heavy atom. The van der Waals surface area contributed by atoms with Gasteiger partial charge in [-0.2, -0.15) is 0 Å². The van der Waals surface area contributed by atoms with Crippen LogP contribution in [-0.4, -0.2) is 44.0 Å². The van der Waals surface area contributed by atoms with E-state index in [1.54, 1.807) is 24.3 Å². The quantitative estimate of drug-likeness (QED) is 0.162. The van der Waals surface area contributed by atoms with E-state index < -0.39 is 30.4 Å². The van der Waals surface area contributed by atoms with Crippen LogP contribution in [0.15, 0.2) is 84.9 Å². The molecule has 4 rings (SSSR count). The van der Waals surface area contributed by atoms with E-state index in [0.29, 0.717) is 33.8 Å². The first-order valence-corrected chi connectivity index (χ1v) is 13.5. The van der Waals surface area contributed by atoms with Gasteiger partial charge in [0.05, 0.1) is 29.9 Å². The average Bonchev–Trinajstić information content (AvgIpc) is 3.32. The van der Waals surface area contributed by atoms with Crippen LogP contribution in [0.25, 0.3) is 22.4 Å². The minimum atomic E-state index is -1.77. The Hall–Kier alpha value is -4.27. The fraction of sp³-hybridized carbons (Fsp3) is 0.273. The summed E-state index contributed by atoms with van der Waals surface area (Å²) in [5, 5.41) is 33.0. The summed E-state index contributed by atoms with van der Waals surface area (Å²) >= 11 is 0. The lowest BCUT2D eigenvalue weighted by atomic mass is 9.94.